The first-order valence-electron chi connectivity index (χ1n) is 9.28. The molecule has 2 aliphatic heterocycles. The molecule has 2 amide bonds. The molecule has 0 unspecified atom stereocenters. The van der Waals surface area contributed by atoms with E-state index in [1.54, 1.807) is 0 Å². The van der Waals surface area contributed by atoms with Crippen LogP contribution in [0.4, 0.5) is 4.79 Å². The minimum atomic E-state index is -0.260. The minimum Gasteiger partial charge on any atom is -0.486 e. The van der Waals surface area contributed by atoms with Crippen molar-refractivity contribution >= 4 is 6.03 Å². The number of ether oxygens (including phenoxy) is 2. The van der Waals surface area contributed by atoms with Crippen LogP contribution in [0.5, 0.6) is 11.5 Å². The quantitative estimate of drug-likeness (QED) is 0.905. The Morgan fingerprint density at radius 3 is 2.58 bits per heavy atom. The van der Waals surface area contributed by atoms with E-state index in [0.29, 0.717) is 19.8 Å². The van der Waals surface area contributed by atoms with Gasteiger partial charge in [0, 0.05) is 13.1 Å². The van der Waals surface area contributed by atoms with Crippen LogP contribution in [0, 0.1) is 0 Å². The fraction of sp³-hybridized carbons (Fsp3) is 0.381. The van der Waals surface area contributed by atoms with Crippen LogP contribution in [-0.4, -0.2) is 30.7 Å². The van der Waals surface area contributed by atoms with E-state index in [4.69, 9.17) is 9.47 Å². The van der Waals surface area contributed by atoms with Gasteiger partial charge >= 0.3 is 6.03 Å². The standard InChI is InChI=1S/C21H22N2O3/c24-20(23-10-7-15-3-1-2-4-16(15)14-23)22-21(8-9-21)17-5-6-18-19(13-17)26-12-11-25-18/h1-6,13H,7-12,14H2,(H,22,24). The van der Waals surface area contributed by atoms with Gasteiger partial charge in [0.05, 0.1) is 5.54 Å². The largest absolute Gasteiger partial charge is 0.486 e. The van der Waals surface area contributed by atoms with Crippen LogP contribution in [-0.2, 0) is 18.5 Å². The van der Waals surface area contributed by atoms with Crippen molar-refractivity contribution in [1.29, 1.82) is 0 Å². The number of fused-ring (bicyclic) bond motifs is 2. The lowest BCUT2D eigenvalue weighted by Gasteiger charge is -2.31. The lowest BCUT2D eigenvalue weighted by molar-refractivity contribution is 0.171. The molecule has 1 aliphatic carbocycles. The Morgan fingerprint density at radius 2 is 1.77 bits per heavy atom. The first-order chi connectivity index (χ1) is 12.7. The molecule has 1 saturated carbocycles. The van der Waals surface area contributed by atoms with Crippen molar-refractivity contribution in [1.82, 2.24) is 10.2 Å². The van der Waals surface area contributed by atoms with Crippen LogP contribution < -0.4 is 14.8 Å². The zero-order valence-corrected chi connectivity index (χ0v) is 14.7. The van der Waals surface area contributed by atoms with E-state index in [1.165, 1.54) is 11.1 Å². The lowest BCUT2D eigenvalue weighted by atomic mass is 10.00. The van der Waals surface area contributed by atoms with Gasteiger partial charge < -0.3 is 19.7 Å². The Morgan fingerprint density at radius 1 is 1.00 bits per heavy atom. The highest BCUT2D eigenvalue weighted by molar-refractivity contribution is 5.76. The molecule has 0 radical (unpaired) electrons. The molecule has 26 heavy (non-hydrogen) atoms. The molecule has 134 valence electrons. The highest BCUT2D eigenvalue weighted by atomic mass is 16.6. The molecule has 2 aromatic rings. The Labute approximate surface area is 152 Å². The SMILES string of the molecule is O=C(NC1(c2ccc3c(c2)OCCO3)CC1)N1CCc2ccccc2C1. The molecule has 0 atom stereocenters. The van der Waals surface area contributed by atoms with Crippen LogP contribution in [0.3, 0.4) is 0 Å². The summed E-state index contributed by atoms with van der Waals surface area (Å²) in [7, 11) is 0. The van der Waals surface area contributed by atoms with E-state index < -0.39 is 0 Å². The van der Waals surface area contributed by atoms with Gasteiger partial charge in [-0.2, -0.15) is 0 Å². The Bertz CT molecular complexity index is 860. The molecular weight excluding hydrogens is 328 g/mol. The van der Waals surface area contributed by atoms with Crippen LogP contribution in [0.1, 0.15) is 29.5 Å². The molecule has 1 N–H and O–H groups in total. The number of nitrogens with zero attached hydrogens (tertiary/aromatic N) is 1. The summed E-state index contributed by atoms with van der Waals surface area (Å²) in [6.07, 6.45) is 2.84. The minimum absolute atomic E-state index is 0.0203. The fourth-order valence-electron chi connectivity index (χ4n) is 3.90. The third-order valence-electron chi connectivity index (χ3n) is 5.61. The van der Waals surface area contributed by atoms with Gasteiger partial charge in [0.25, 0.3) is 0 Å². The molecule has 5 heteroatoms. The van der Waals surface area contributed by atoms with E-state index >= 15 is 0 Å². The summed E-state index contributed by atoms with van der Waals surface area (Å²) in [6, 6.07) is 14.4. The van der Waals surface area contributed by atoms with Crippen molar-refractivity contribution in [2.45, 2.75) is 31.3 Å². The van der Waals surface area contributed by atoms with E-state index in [1.807, 2.05) is 29.2 Å². The van der Waals surface area contributed by atoms with Gasteiger partial charge in [0.2, 0.25) is 0 Å². The Balaban J connectivity index is 1.32. The van der Waals surface area contributed by atoms with Crippen molar-refractivity contribution in [2.75, 3.05) is 19.8 Å². The topological polar surface area (TPSA) is 50.8 Å². The Hall–Kier alpha value is -2.69. The molecule has 3 aliphatic rings. The number of carbonyl (C=O) groups is 1. The molecule has 0 spiro atoms. The number of nitrogens with one attached hydrogen (secondary N) is 1. The van der Waals surface area contributed by atoms with Crippen LogP contribution >= 0.6 is 0 Å². The molecule has 5 nitrogen and oxygen atoms in total. The molecule has 1 fully saturated rings. The van der Waals surface area contributed by atoms with Crippen LogP contribution in [0.15, 0.2) is 42.5 Å². The maximum Gasteiger partial charge on any atom is 0.318 e. The predicted octanol–water partition coefficient (Wildman–Crippen LogP) is 3.21. The number of hydrogen-bond acceptors (Lipinski definition) is 3. The number of urea groups is 1. The molecule has 5 rings (SSSR count). The first kappa shape index (κ1) is 15.6. The maximum absolute atomic E-state index is 12.9. The number of amides is 2. The average Bonchev–Trinajstić information content (AvgIpc) is 3.48. The first-order valence-corrected chi connectivity index (χ1v) is 9.28. The van der Waals surface area contributed by atoms with Crippen LogP contribution in [0.2, 0.25) is 0 Å². The summed E-state index contributed by atoms with van der Waals surface area (Å²) in [5.41, 5.74) is 3.44. The number of benzene rings is 2. The zero-order valence-electron chi connectivity index (χ0n) is 14.7. The summed E-state index contributed by atoms with van der Waals surface area (Å²) < 4.78 is 11.3. The summed E-state index contributed by atoms with van der Waals surface area (Å²) in [4.78, 5) is 14.8. The van der Waals surface area contributed by atoms with Crippen molar-refractivity contribution in [3.05, 3.63) is 59.2 Å². The van der Waals surface area contributed by atoms with Crippen molar-refractivity contribution in [3.63, 3.8) is 0 Å². The molecule has 2 heterocycles. The predicted molar refractivity (Wildman–Crippen MR) is 97.4 cm³/mol. The van der Waals surface area contributed by atoms with E-state index in [9.17, 15) is 4.79 Å². The molecule has 0 aromatic heterocycles. The van der Waals surface area contributed by atoms with Gasteiger partial charge in [0.15, 0.2) is 11.5 Å². The summed E-state index contributed by atoms with van der Waals surface area (Å²) in [5, 5.41) is 3.28. The van der Waals surface area contributed by atoms with Gasteiger partial charge in [0.1, 0.15) is 13.2 Å². The fourth-order valence-corrected chi connectivity index (χ4v) is 3.90. The van der Waals surface area contributed by atoms with Crippen molar-refractivity contribution in [3.8, 4) is 11.5 Å². The van der Waals surface area contributed by atoms with E-state index in [-0.39, 0.29) is 11.6 Å². The molecule has 0 saturated heterocycles. The third-order valence-corrected chi connectivity index (χ3v) is 5.61. The highest BCUT2D eigenvalue weighted by Crippen LogP contribution is 2.48. The van der Waals surface area contributed by atoms with Crippen LogP contribution in [0.25, 0.3) is 0 Å². The second-order valence-electron chi connectivity index (χ2n) is 7.31. The highest BCUT2D eigenvalue weighted by Gasteiger charge is 2.47. The van der Waals surface area contributed by atoms with Crippen molar-refractivity contribution in [2.24, 2.45) is 0 Å². The van der Waals surface area contributed by atoms with Gasteiger partial charge in [-0.25, -0.2) is 4.79 Å². The molecular formula is C21H22N2O3. The van der Waals surface area contributed by atoms with Crippen molar-refractivity contribution < 1.29 is 14.3 Å². The van der Waals surface area contributed by atoms with E-state index in [2.05, 4.69) is 23.5 Å². The second kappa shape index (κ2) is 5.94. The monoisotopic (exact) mass is 350 g/mol. The van der Waals surface area contributed by atoms with Gasteiger partial charge in [-0.05, 0) is 48.1 Å². The van der Waals surface area contributed by atoms with Gasteiger partial charge in [-0.3, -0.25) is 0 Å². The normalized spacial score (nSPS) is 19.5. The third kappa shape index (κ3) is 2.68. The lowest BCUT2D eigenvalue weighted by Crippen LogP contribution is -2.46. The number of rotatable bonds is 2. The number of carbonyl (C=O) groups excluding carboxylic acids is 1. The van der Waals surface area contributed by atoms with E-state index in [0.717, 1.165) is 42.9 Å². The average molecular weight is 350 g/mol. The molecule has 0 bridgehead atoms. The van der Waals surface area contributed by atoms with Gasteiger partial charge in [-0.1, -0.05) is 30.3 Å². The molecule has 2 aromatic carbocycles. The zero-order chi connectivity index (χ0) is 17.6. The van der Waals surface area contributed by atoms with Gasteiger partial charge in [-0.15, -0.1) is 0 Å². The Kier molecular flexibility index (Phi) is 3.55. The summed E-state index contributed by atoms with van der Waals surface area (Å²) >= 11 is 0. The summed E-state index contributed by atoms with van der Waals surface area (Å²) in [6.45, 7) is 2.60. The summed E-state index contributed by atoms with van der Waals surface area (Å²) in [5.74, 6) is 1.57. The maximum atomic E-state index is 12.9. The number of hydrogen-bond donors (Lipinski definition) is 1. The second-order valence-corrected chi connectivity index (χ2v) is 7.31. The smallest absolute Gasteiger partial charge is 0.318 e.